The Labute approximate surface area is 96.9 Å². The van der Waals surface area contributed by atoms with E-state index in [0.29, 0.717) is 5.15 Å². The number of aromatic nitrogens is 1. The number of nitrogens with zero attached hydrogens (tertiary/aromatic N) is 1. The second-order valence-electron chi connectivity index (χ2n) is 4.76. The van der Waals surface area contributed by atoms with Crippen LogP contribution in [0.4, 0.5) is 0 Å². The molecule has 1 aromatic rings. The fraction of sp³-hybridized carbons (Fsp3) is 0.615. The molecular formula is C13H18ClN. The minimum Gasteiger partial charge on any atom is -0.241 e. The molecule has 0 spiro atoms. The predicted molar refractivity (Wildman–Crippen MR) is 64.4 cm³/mol. The Morgan fingerprint density at radius 3 is 2.67 bits per heavy atom. The molecule has 0 radical (unpaired) electrons. The molecule has 1 nitrogen and oxygen atoms in total. The van der Waals surface area contributed by atoms with Gasteiger partial charge in [-0.15, -0.1) is 0 Å². The van der Waals surface area contributed by atoms with Gasteiger partial charge in [0.2, 0.25) is 0 Å². The van der Waals surface area contributed by atoms with E-state index in [9.17, 15) is 0 Å². The number of pyridine rings is 1. The summed E-state index contributed by atoms with van der Waals surface area (Å²) in [7, 11) is 0. The zero-order valence-corrected chi connectivity index (χ0v) is 10.4. The average molecular weight is 224 g/mol. The van der Waals surface area contributed by atoms with Gasteiger partial charge in [0.1, 0.15) is 5.15 Å². The number of aryl methyl sites for hydroxylation is 1. The molecule has 0 fully saturated rings. The lowest BCUT2D eigenvalue weighted by Crippen LogP contribution is -2.22. The molecule has 0 N–H and O–H groups in total. The molecule has 0 amide bonds. The lowest BCUT2D eigenvalue weighted by molar-refractivity contribution is 0.356. The maximum Gasteiger partial charge on any atom is 0.132 e. The summed E-state index contributed by atoms with van der Waals surface area (Å²) in [5.74, 6) is 1.50. The summed E-state index contributed by atoms with van der Waals surface area (Å²) < 4.78 is 0. The summed E-state index contributed by atoms with van der Waals surface area (Å²) in [5.41, 5.74) is 3.84. The van der Waals surface area contributed by atoms with Crippen LogP contribution in [-0.2, 0) is 19.3 Å². The number of halogens is 1. The van der Waals surface area contributed by atoms with Crippen LogP contribution in [0.3, 0.4) is 0 Å². The molecule has 0 bridgehead atoms. The van der Waals surface area contributed by atoms with Gasteiger partial charge >= 0.3 is 0 Å². The van der Waals surface area contributed by atoms with Gasteiger partial charge in [-0.2, -0.15) is 0 Å². The SMILES string of the molecule is CCc1cc2c(nc1Cl)CC(C)C(C)C2. The molecule has 1 heterocycles. The highest BCUT2D eigenvalue weighted by molar-refractivity contribution is 6.30. The van der Waals surface area contributed by atoms with Crippen molar-refractivity contribution in [3.8, 4) is 0 Å². The Morgan fingerprint density at radius 1 is 1.33 bits per heavy atom. The summed E-state index contributed by atoms with van der Waals surface area (Å²) in [4.78, 5) is 4.53. The van der Waals surface area contributed by atoms with E-state index in [0.717, 1.165) is 31.1 Å². The van der Waals surface area contributed by atoms with Crippen molar-refractivity contribution in [3.05, 3.63) is 28.0 Å². The molecule has 1 aliphatic rings. The van der Waals surface area contributed by atoms with Gasteiger partial charge < -0.3 is 0 Å². The van der Waals surface area contributed by atoms with Crippen LogP contribution in [-0.4, -0.2) is 4.98 Å². The second-order valence-corrected chi connectivity index (χ2v) is 5.12. The standard InChI is InChI=1S/C13H18ClN/c1-4-10-7-11-5-8(2)9(3)6-12(11)15-13(10)14/h7-9H,4-6H2,1-3H3. The van der Waals surface area contributed by atoms with Gasteiger partial charge in [0.25, 0.3) is 0 Å². The summed E-state index contributed by atoms with van der Waals surface area (Å²) in [5, 5.41) is 0.706. The third kappa shape index (κ3) is 2.03. The van der Waals surface area contributed by atoms with Crippen LogP contribution >= 0.6 is 11.6 Å². The molecule has 1 aromatic heterocycles. The number of hydrogen-bond acceptors (Lipinski definition) is 1. The highest BCUT2D eigenvalue weighted by Crippen LogP contribution is 2.31. The van der Waals surface area contributed by atoms with Crippen LogP contribution in [0, 0.1) is 11.8 Å². The monoisotopic (exact) mass is 223 g/mol. The Hall–Kier alpha value is -0.560. The molecule has 0 saturated carbocycles. The lowest BCUT2D eigenvalue weighted by atomic mass is 9.79. The molecular weight excluding hydrogens is 206 g/mol. The molecule has 0 aromatic carbocycles. The van der Waals surface area contributed by atoms with Crippen molar-refractivity contribution >= 4 is 11.6 Å². The minimum atomic E-state index is 0.706. The van der Waals surface area contributed by atoms with Crippen molar-refractivity contribution in [1.82, 2.24) is 4.98 Å². The number of hydrogen-bond donors (Lipinski definition) is 0. The number of fused-ring (bicyclic) bond motifs is 1. The van der Waals surface area contributed by atoms with Crippen LogP contribution in [0.15, 0.2) is 6.07 Å². The van der Waals surface area contributed by atoms with Crippen LogP contribution in [0.1, 0.15) is 37.6 Å². The first-order chi connectivity index (χ1) is 7.11. The van der Waals surface area contributed by atoms with E-state index in [1.165, 1.54) is 16.8 Å². The van der Waals surface area contributed by atoms with Gasteiger partial charge in [-0.25, -0.2) is 4.98 Å². The fourth-order valence-electron chi connectivity index (χ4n) is 2.27. The van der Waals surface area contributed by atoms with Crippen molar-refractivity contribution in [3.63, 3.8) is 0 Å². The van der Waals surface area contributed by atoms with E-state index in [-0.39, 0.29) is 0 Å². The van der Waals surface area contributed by atoms with Gasteiger partial charge in [-0.1, -0.05) is 38.4 Å². The van der Waals surface area contributed by atoms with E-state index in [1.807, 2.05) is 0 Å². The van der Waals surface area contributed by atoms with E-state index in [4.69, 9.17) is 11.6 Å². The molecule has 2 rings (SSSR count). The van der Waals surface area contributed by atoms with E-state index in [2.05, 4.69) is 31.8 Å². The van der Waals surface area contributed by atoms with Crippen LogP contribution < -0.4 is 0 Å². The van der Waals surface area contributed by atoms with Crippen LogP contribution in [0.5, 0.6) is 0 Å². The average Bonchev–Trinajstić information content (AvgIpc) is 2.20. The van der Waals surface area contributed by atoms with E-state index >= 15 is 0 Å². The minimum absolute atomic E-state index is 0.706. The van der Waals surface area contributed by atoms with E-state index in [1.54, 1.807) is 0 Å². The first-order valence-electron chi connectivity index (χ1n) is 5.79. The first-order valence-corrected chi connectivity index (χ1v) is 6.16. The molecule has 2 unspecified atom stereocenters. The van der Waals surface area contributed by atoms with Crippen molar-refractivity contribution < 1.29 is 0 Å². The Morgan fingerprint density at radius 2 is 2.00 bits per heavy atom. The predicted octanol–water partition coefficient (Wildman–Crippen LogP) is 3.67. The zero-order chi connectivity index (χ0) is 11.0. The number of rotatable bonds is 1. The summed E-state index contributed by atoms with van der Waals surface area (Å²) in [6.45, 7) is 6.76. The van der Waals surface area contributed by atoms with Gasteiger partial charge in [-0.3, -0.25) is 0 Å². The highest BCUT2D eigenvalue weighted by atomic mass is 35.5. The summed E-state index contributed by atoms with van der Waals surface area (Å²) in [6, 6.07) is 2.26. The topological polar surface area (TPSA) is 12.9 Å². The Bertz CT molecular complexity index is 373. The van der Waals surface area contributed by atoms with Gasteiger partial charge in [-0.05, 0) is 42.2 Å². The maximum absolute atomic E-state index is 6.13. The summed E-state index contributed by atoms with van der Waals surface area (Å²) >= 11 is 6.13. The molecule has 0 saturated heterocycles. The van der Waals surface area contributed by atoms with Crippen molar-refractivity contribution in [2.75, 3.05) is 0 Å². The van der Waals surface area contributed by atoms with Gasteiger partial charge in [0.15, 0.2) is 0 Å². The van der Waals surface area contributed by atoms with E-state index < -0.39 is 0 Å². The molecule has 1 aliphatic carbocycles. The molecule has 15 heavy (non-hydrogen) atoms. The van der Waals surface area contributed by atoms with Gasteiger partial charge in [0.05, 0.1) is 0 Å². The maximum atomic E-state index is 6.13. The summed E-state index contributed by atoms with van der Waals surface area (Å²) in [6.07, 6.45) is 3.22. The highest BCUT2D eigenvalue weighted by Gasteiger charge is 2.23. The van der Waals surface area contributed by atoms with Gasteiger partial charge in [0, 0.05) is 5.69 Å². The smallest absolute Gasteiger partial charge is 0.132 e. The first kappa shape index (κ1) is 10.9. The largest absolute Gasteiger partial charge is 0.241 e. The lowest BCUT2D eigenvalue weighted by Gasteiger charge is -2.27. The van der Waals surface area contributed by atoms with Crippen molar-refractivity contribution in [1.29, 1.82) is 0 Å². The normalized spacial score (nSPS) is 25.1. The second kappa shape index (κ2) is 4.13. The van der Waals surface area contributed by atoms with Crippen molar-refractivity contribution in [2.45, 2.75) is 40.0 Å². The third-order valence-corrected chi connectivity index (χ3v) is 3.95. The molecule has 2 heteroatoms. The molecule has 2 atom stereocenters. The Kier molecular flexibility index (Phi) is 3.01. The van der Waals surface area contributed by atoms with Crippen LogP contribution in [0.25, 0.3) is 0 Å². The molecule has 0 aliphatic heterocycles. The van der Waals surface area contributed by atoms with Crippen molar-refractivity contribution in [2.24, 2.45) is 11.8 Å². The molecule has 82 valence electrons. The van der Waals surface area contributed by atoms with Crippen LogP contribution in [0.2, 0.25) is 5.15 Å². The fourth-order valence-corrected chi connectivity index (χ4v) is 2.56. The third-order valence-electron chi connectivity index (χ3n) is 3.63. The Balaban J connectivity index is 2.41. The quantitative estimate of drug-likeness (QED) is 0.662. The zero-order valence-electron chi connectivity index (χ0n) is 9.68.